The number of pyridine rings is 2. The van der Waals surface area contributed by atoms with E-state index in [-0.39, 0.29) is 28.5 Å². The maximum Gasteiger partial charge on any atom is 0.432 e. The summed E-state index contributed by atoms with van der Waals surface area (Å²) in [5, 5.41) is 2.82. The summed E-state index contributed by atoms with van der Waals surface area (Å²) in [5.74, 6) is 0. The van der Waals surface area contributed by atoms with Gasteiger partial charge in [0.25, 0.3) is 0 Å². The van der Waals surface area contributed by atoms with Gasteiger partial charge < -0.3 is 0 Å². The molecule has 1 aliphatic carbocycles. The fourth-order valence-electron chi connectivity index (χ4n) is 11.2. The standard InChI is InChI=1S/C46H54F3N3/c1-8-12-15-30-18-21-35-39-34(30)23-25-52-42(39)40-36(22-17-29(9-2)41(40)43(35,5)6)45(11-4,44(52,7)10-3)28-33-20-19-32-26-31(27-38(50-32)46(47,48)49)37-16-13-14-24-51(33)37/h13-14,16-18,21-25,27,32-33H,8-12,15,19-20,26,28H2,1-7H3/q+2. The minimum Gasteiger partial charge on any atom is -0.277 e. The van der Waals surface area contributed by atoms with Crippen LogP contribution in [0.4, 0.5) is 13.2 Å². The zero-order chi connectivity index (χ0) is 36.8. The molecule has 4 atom stereocenters. The third kappa shape index (κ3) is 4.87. The van der Waals surface area contributed by atoms with Gasteiger partial charge in [-0.15, -0.1) is 0 Å². The Labute approximate surface area is 307 Å². The maximum absolute atomic E-state index is 14.1. The van der Waals surface area contributed by atoms with Gasteiger partial charge in [0.05, 0.1) is 22.4 Å². The van der Waals surface area contributed by atoms with Crippen LogP contribution in [0.25, 0.3) is 27.6 Å². The van der Waals surface area contributed by atoms with Crippen LogP contribution in [0.2, 0.25) is 0 Å². The van der Waals surface area contributed by atoms with E-state index in [0.717, 1.165) is 49.8 Å². The van der Waals surface area contributed by atoms with Crippen LogP contribution in [-0.2, 0) is 29.2 Å². The summed E-state index contributed by atoms with van der Waals surface area (Å²) in [4.78, 5) is 4.29. The molecule has 4 aromatic rings. The van der Waals surface area contributed by atoms with Crippen LogP contribution >= 0.6 is 0 Å². The number of alkyl halides is 3. The first kappa shape index (κ1) is 35.2. The summed E-state index contributed by atoms with van der Waals surface area (Å²) < 4.78 is 47.2. The zero-order valence-corrected chi connectivity index (χ0v) is 32.1. The molecule has 4 aliphatic rings. The Morgan fingerprint density at radius 1 is 0.865 bits per heavy atom. The van der Waals surface area contributed by atoms with Gasteiger partial charge in [0.15, 0.2) is 24.0 Å². The number of benzene rings is 2. The molecule has 2 bridgehead atoms. The molecule has 0 amide bonds. The van der Waals surface area contributed by atoms with E-state index in [0.29, 0.717) is 12.8 Å². The molecule has 3 nitrogen and oxygen atoms in total. The molecule has 52 heavy (non-hydrogen) atoms. The Hall–Kier alpha value is -3.80. The van der Waals surface area contributed by atoms with E-state index in [4.69, 9.17) is 0 Å². The van der Waals surface area contributed by atoms with E-state index < -0.39 is 11.9 Å². The van der Waals surface area contributed by atoms with E-state index in [1.807, 2.05) is 18.2 Å². The molecule has 0 saturated heterocycles. The van der Waals surface area contributed by atoms with Crippen LogP contribution in [0.15, 0.2) is 72.0 Å². The SMILES string of the molecule is CCCCc1ccc2c3c4[n+](ccc13)C(C)(CC)C(CC)(CC1CCC3CC(=CC(C(F)(F)F)=N3)c3cccc[n+]31)c1ccc(CC)c(c1-4)C2(C)C. The first-order chi connectivity index (χ1) is 24.8. The van der Waals surface area contributed by atoms with E-state index in [9.17, 15) is 13.2 Å². The van der Waals surface area contributed by atoms with Crippen LogP contribution in [0.3, 0.4) is 0 Å². The quantitative estimate of drug-likeness (QED) is 0.163. The van der Waals surface area contributed by atoms with Gasteiger partial charge in [-0.25, -0.2) is 0 Å². The summed E-state index contributed by atoms with van der Waals surface area (Å²) in [7, 11) is 0. The number of nitrogens with zero attached hydrogens (tertiary/aromatic N) is 3. The van der Waals surface area contributed by atoms with Gasteiger partial charge >= 0.3 is 6.18 Å². The summed E-state index contributed by atoms with van der Waals surface area (Å²) in [5.41, 5.74) is 10.3. The summed E-state index contributed by atoms with van der Waals surface area (Å²) in [6, 6.07) is 17.9. The number of aromatic nitrogens is 2. The van der Waals surface area contributed by atoms with Crippen LogP contribution in [0.5, 0.6) is 0 Å². The van der Waals surface area contributed by atoms with Gasteiger partial charge in [-0.1, -0.05) is 72.2 Å². The monoisotopic (exact) mass is 705 g/mol. The molecular formula is C46H54F3N3+2. The van der Waals surface area contributed by atoms with Crippen molar-refractivity contribution in [2.24, 2.45) is 4.99 Å². The summed E-state index contributed by atoms with van der Waals surface area (Å²) in [6.07, 6.45) is 10.5. The van der Waals surface area contributed by atoms with Crippen molar-refractivity contribution in [1.29, 1.82) is 0 Å². The minimum atomic E-state index is -4.46. The molecule has 2 aromatic carbocycles. The number of aryl methyl sites for hydroxylation is 2. The van der Waals surface area contributed by atoms with Crippen molar-refractivity contribution in [3.63, 3.8) is 0 Å². The lowest BCUT2D eigenvalue weighted by Crippen LogP contribution is -2.70. The van der Waals surface area contributed by atoms with Crippen molar-refractivity contribution in [1.82, 2.24) is 0 Å². The van der Waals surface area contributed by atoms with E-state index in [1.165, 1.54) is 68.8 Å². The van der Waals surface area contributed by atoms with E-state index in [2.05, 4.69) is 105 Å². The highest BCUT2D eigenvalue weighted by Crippen LogP contribution is 2.60. The van der Waals surface area contributed by atoms with E-state index >= 15 is 0 Å². The van der Waals surface area contributed by atoms with E-state index in [1.54, 1.807) is 0 Å². The predicted molar refractivity (Wildman–Crippen MR) is 205 cm³/mol. The molecule has 2 aromatic heterocycles. The average molecular weight is 706 g/mol. The Kier molecular flexibility index (Phi) is 8.39. The smallest absolute Gasteiger partial charge is 0.277 e. The Morgan fingerprint density at radius 2 is 1.63 bits per heavy atom. The minimum absolute atomic E-state index is 0.0905. The first-order valence-electron chi connectivity index (χ1n) is 19.9. The van der Waals surface area contributed by atoms with Crippen molar-refractivity contribution in [3.8, 4) is 11.3 Å². The second kappa shape index (κ2) is 12.4. The number of unbranched alkanes of at least 4 members (excludes halogenated alkanes) is 1. The Bertz CT molecular complexity index is 2160. The van der Waals surface area contributed by atoms with Gasteiger partial charge in [-0.2, -0.15) is 22.3 Å². The summed E-state index contributed by atoms with van der Waals surface area (Å²) >= 11 is 0. The number of hydrogen-bond donors (Lipinski definition) is 0. The number of hydrogen-bond acceptors (Lipinski definition) is 1. The second-order valence-corrected chi connectivity index (χ2v) is 16.7. The molecule has 0 saturated carbocycles. The lowest BCUT2D eigenvalue weighted by Gasteiger charge is -2.51. The normalized spacial score (nSPS) is 25.6. The van der Waals surface area contributed by atoms with Gasteiger partial charge in [0.1, 0.15) is 5.71 Å². The highest BCUT2D eigenvalue weighted by Gasteiger charge is 2.63. The number of allylic oxidation sites excluding steroid dienone is 1. The molecule has 0 N–H and O–H groups in total. The van der Waals surface area contributed by atoms with Crippen LogP contribution < -0.4 is 9.13 Å². The van der Waals surface area contributed by atoms with Crippen molar-refractivity contribution >= 4 is 22.1 Å². The number of rotatable bonds is 8. The van der Waals surface area contributed by atoms with Gasteiger partial charge in [0.2, 0.25) is 11.4 Å². The number of halogens is 3. The van der Waals surface area contributed by atoms with Crippen molar-refractivity contribution in [2.75, 3.05) is 0 Å². The maximum atomic E-state index is 14.1. The Morgan fingerprint density at radius 3 is 2.35 bits per heavy atom. The second-order valence-electron chi connectivity index (χ2n) is 16.7. The number of fused-ring (bicyclic) bond motifs is 4. The van der Waals surface area contributed by atoms with Gasteiger partial charge in [-0.3, -0.25) is 4.99 Å². The molecular weight excluding hydrogens is 652 g/mol. The van der Waals surface area contributed by atoms with Crippen LogP contribution in [0.1, 0.15) is 139 Å². The van der Waals surface area contributed by atoms with Crippen LogP contribution in [0, 0.1) is 0 Å². The molecule has 0 fully saturated rings. The van der Waals surface area contributed by atoms with Gasteiger partial charge in [0, 0.05) is 61.8 Å². The fraction of sp³-hybridized carbons (Fsp3) is 0.500. The largest absolute Gasteiger partial charge is 0.432 e. The van der Waals surface area contributed by atoms with Crippen molar-refractivity contribution in [3.05, 3.63) is 101 Å². The predicted octanol–water partition coefficient (Wildman–Crippen LogP) is 11.0. The van der Waals surface area contributed by atoms with Gasteiger partial charge in [-0.05, 0) is 77.4 Å². The molecule has 5 heterocycles. The molecule has 3 aliphatic heterocycles. The molecule has 272 valence electrons. The lowest BCUT2D eigenvalue weighted by atomic mass is 9.53. The summed E-state index contributed by atoms with van der Waals surface area (Å²) in [6.45, 7) is 16.7. The molecule has 4 unspecified atom stereocenters. The molecule has 0 spiro atoms. The van der Waals surface area contributed by atoms with Crippen molar-refractivity contribution in [2.45, 2.75) is 147 Å². The molecule has 8 rings (SSSR count). The fourth-order valence-corrected chi connectivity index (χ4v) is 11.2. The Balaban J connectivity index is 1.38. The first-order valence-corrected chi connectivity index (χ1v) is 19.9. The zero-order valence-electron chi connectivity index (χ0n) is 32.1. The van der Waals surface area contributed by atoms with Crippen LogP contribution in [-0.4, -0.2) is 17.9 Å². The molecule has 0 radical (unpaired) electrons. The highest BCUT2D eigenvalue weighted by atomic mass is 19.4. The topological polar surface area (TPSA) is 20.1 Å². The van der Waals surface area contributed by atoms with Crippen molar-refractivity contribution < 1.29 is 22.3 Å². The third-order valence-electron chi connectivity index (χ3n) is 14.0. The lowest BCUT2D eigenvalue weighted by molar-refractivity contribution is -0.771. The number of aliphatic imine (C=N–C) groups is 1. The molecule has 6 heteroatoms. The highest BCUT2D eigenvalue weighted by molar-refractivity contribution is 6.05. The third-order valence-corrected chi connectivity index (χ3v) is 14.0. The number of dihydropyridines is 1. The average Bonchev–Trinajstić information content (AvgIpc) is 3.14.